The van der Waals surface area contributed by atoms with Gasteiger partial charge in [-0.25, -0.2) is 0 Å². The fourth-order valence-electron chi connectivity index (χ4n) is 3.41. The number of carboxylic acids is 1. The van der Waals surface area contributed by atoms with Gasteiger partial charge < -0.3 is 19.3 Å². The maximum atomic E-state index is 11.8. The minimum Gasteiger partial charge on any atom is -0.481 e. The first kappa shape index (κ1) is 44.3. The van der Waals surface area contributed by atoms with E-state index in [1.807, 2.05) is 6.92 Å². The van der Waals surface area contributed by atoms with Crippen molar-refractivity contribution in [2.24, 2.45) is 17.3 Å². The van der Waals surface area contributed by atoms with Gasteiger partial charge in [0, 0.05) is 18.8 Å². The lowest BCUT2D eigenvalue weighted by molar-refractivity contribution is -0.159. The van der Waals surface area contributed by atoms with E-state index in [0.717, 1.165) is 32.1 Å². The molecule has 0 aliphatic carbocycles. The van der Waals surface area contributed by atoms with Crippen LogP contribution in [0, 0.1) is 17.3 Å². The number of ketones is 3. The molecule has 43 heavy (non-hydrogen) atoms. The summed E-state index contributed by atoms with van der Waals surface area (Å²) in [6, 6.07) is 0. The van der Waals surface area contributed by atoms with E-state index < -0.39 is 29.2 Å². The summed E-state index contributed by atoms with van der Waals surface area (Å²) in [5, 5.41) is 8.36. The zero-order chi connectivity index (χ0) is 34.0. The predicted octanol–water partition coefficient (Wildman–Crippen LogP) is 5.68. The zero-order valence-corrected chi connectivity index (χ0v) is 27.9. The lowest BCUT2D eigenvalue weighted by atomic mass is 9.81. The Balaban J connectivity index is -0.000000600. The first-order valence-corrected chi connectivity index (χ1v) is 15.2. The van der Waals surface area contributed by atoms with Crippen LogP contribution in [0.15, 0.2) is 0 Å². The molecular weight excluding hydrogens is 560 g/mol. The molecule has 0 saturated carbocycles. The topological polar surface area (TPSA) is 167 Å². The average molecular weight is 617 g/mol. The summed E-state index contributed by atoms with van der Waals surface area (Å²) < 4.78 is 14.4. The lowest BCUT2D eigenvalue weighted by Gasteiger charge is -2.24. The van der Waals surface area contributed by atoms with E-state index in [9.17, 15) is 33.6 Å². The van der Waals surface area contributed by atoms with Gasteiger partial charge in [-0.2, -0.15) is 0 Å². The predicted molar refractivity (Wildman–Crippen MR) is 162 cm³/mol. The Bertz CT molecular complexity index is 865. The van der Waals surface area contributed by atoms with Gasteiger partial charge in [0.15, 0.2) is 0 Å². The van der Waals surface area contributed by atoms with Crippen LogP contribution in [0.25, 0.3) is 0 Å². The summed E-state index contributed by atoms with van der Waals surface area (Å²) in [6.45, 7) is 15.7. The number of hydrogen-bond donors (Lipinski definition) is 1. The van der Waals surface area contributed by atoms with Crippen molar-refractivity contribution in [2.75, 3.05) is 19.8 Å². The van der Waals surface area contributed by atoms with Crippen molar-refractivity contribution in [3.05, 3.63) is 0 Å². The van der Waals surface area contributed by atoms with Gasteiger partial charge in [0.2, 0.25) is 0 Å². The van der Waals surface area contributed by atoms with Gasteiger partial charge in [-0.05, 0) is 81.1 Å². The second-order valence-corrected chi connectivity index (χ2v) is 10.6. The number of unbranched alkanes of at least 4 members (excludes halogenated alkanes) is 4. The minimum atomic E-state index is -1.07. The molecule has 1 N–H and O–H groups in total. The molecule has 0 aliphatic heterocycles. The van der Waals surface area contributed by atoms with Crippen molar-refractivity contribution in [1.29, 1.82) is 0 Å². The smallest absolute Gasteiger partial charge is 0.319 e. The normalized spacial score (nSPS) is 12.9. The van der Waals surface area contributed by atoms with Gasteiger partial charge in [0.25, 0.3) is 0 Å². The fraction of sp³-hybridized carbons (Fsp3) is 0.781. The number of aliphatic carboxylic acids is 1. The molecule has 0 aromatic carbocycles. The third-order valence-corrected chi connectivity index (χ3v) is 6.84. The van der Waals surface area contributed by atoms with E-state index in [1.165, 1.54) is 13.8 Å². The van der Waals surface area contributed by atoms with Gasteiger partial charge in [0.1, 0.15) is 28.7 Å². The van der Waals surface area contributed by atoms with Gasteiger partial charge in [-0.15, -0.1) is 0 Å². The molecule has 11 nitrogen and oxygen atoms in total. The molecule has 250 valence electrons. The largest absolute Gasteiger partial charge is 0.481 e. The van der Waals surface area contributed by atoms with Gasteiger partial charge in [0.05, 0.1) is 19.8 Å². The van der Waals surface area contributed by atoms with E-state index >= 15 is 0 Å². The van der Waals surface area contributed by atoms with Crippen LogP contribution in [-0.2, 0) is 47.8 Å². The summed E-state index contributed by atoms with van der Waals surface area (Å²) in [5.74, 6) is -2.43. The number of carboxylic acid groups (broad SMARTS) is 1. The highest BCUT2D eigenvalue weighted by atomic mass is 16.5. The Morgan fingerprint density at radius 2 is 1.19 bits per heavy atom. The Morgan fingerprint density at radius 3 is 1.63 bits per heavy atom. The van der Waals surface area contributed by atoms with E-state index in [0.29, 0.717) is 38.9 Å². The second kappa shape index (κ2) is 26.5. The third-order valence-electron chi connectivity index (χ3n) is 6.84. The second-order valence-electron chi connectivity index (χ2n) is 10.6. The summed E-state index contributed by atoms with van der Waals surface area (Å²) in [4.78, 5) is 76.9. The molecule has 0 bridgehead atoms. The Labute approximate surface area is 257 Å². The Morgan fingerprint density at radius 1 is 0.674 bits per heavy atom. The molecule has 3 atom stereocenters. The molecule has 0 aromatic rings. The summed E-state index contributed by atoms with van der Waals surface area (Å²) in [6.07, 6.45) is 6.72. The van der Waals surface area contributed by atoms with Gasteiger partial charge in [-0.3, -0.25) is 33.6 Å². The number of carbonyl (C=O) groups is 7. The molecule has 3 unspecified atom stereocenters. The molecule has 0 heterocycles. The summed E-state index contributed by atoms with van der Waals surface area (Å²) in [7, 11) is 0. The number of esters is 3. The number of rotatable bonds is 20. The van der Waals surface area contributed by atoms with Crippen LogP contribution in [0.2, 0.25) is 0 Å². The van der Waals surface area contributed by atoms with Gasteiger partial charge in [-0.1, -0.05) is 32.6 Å². The van der Waals surface area contributed by atoms with Crippen molar-refractivity contribution >= 4 is 41.2 Å². The highest BCUT2D eigenvalue weighted by Crippen LogP contribution is 2.28. The minimum absolute atomic E-state index is 0.129. The molecule has 0 spiro atoms. The molecule has 0 aliphatic rings. The average Bonchev–Trinajstić information content (AvgIpc) is 2.92. The number of hydrogen-bond acceptors (Lipinski definition) is 10. The molecule has 0 fully saturated rings. The van der Waals surface area contributed by atoms with Crippen LogP contribution < -0.4 is 0 Å². The molecule has 0 saturated heterocycles. The number of Topliss-reactive ketones (excluding diaryl/α,β-unsaturated/α-hetero) is 3. The lowest BCUT2D eigenvalue weighted by Crippen LogP contribution is -2.36. The standard InChI is InChI=1S/C15H26O5.C10H18O3.C7H12O3/c1-5-19-13(17)10-8-7-9-11-15(4,12(3)16)14(18)20-6-2;1-8(9(2)11)6-4-3-5-7-10(12)13;1-4-10-7(9)5(2)6(3)8/h5-11H2,1-4H3;8H,3-7H2,1-2H3,(H,12,13);5H,4H2,1-3H3. The monoisotopic (exact) mass is 616 g/mol. The highest BCUT2D eigenvalue weighted by Gasteiger charge is 2.39. The summed E-state index contributed by atoms with van der Waals surface area (Å²) >= 11 is 0. The third kappa shape index (κ3) is 24.1. The molecule has 0 radical (unpaired) electrons. The van der Waals surface area contributed by atoms with Crippen LogP contribution >= 0.6 is 0 Å². The maximum Gasteiger partial charge on any atom is 0.319 e. The van der Waals surface area contributed by atoms with Crippen molar-refractivity contribution in [2.45, 2.75) is 127 Å². The fourth-order valence-corrected chi connectivity index (χ4v) is 3.41. The van der Waals surface area contributed by atoms with E-state index in [1.54, 1.807) is 41.5 Å². The number of ether oxygens (including phenoxy) is 3. The highest BCUT2D eigenvalue weighted by molar-refractivity contribution is 6.02. The molecule has 0 amide bonds. The van der Waals surface area contributed by atoms with Crippen molar-refractivity contribution in [1.82, 2.24) is 0 Å². The molecule has 0 aromatic heterocycles. The van der Waals surface area contributed by atoms with Crippen molar-refractivity contribution in [3.63, 3.8) is 0 Å². The van der Waals surface area contributed by atoms with Crippen LogP contribution in [-0.4, -0.2) is 66.2 Å². The zero-order valence-electron chi connectivity index (χ0n) is 27.9. The summed E-state index contributed by atoms with van der Waals surface area (Å²) in [5.41, 5.74) is -1.07. The Hall–Kier alpha value is -3.11. The van der Waals surface area contributed by atoms with Crippen LogP contribution in [0.1, 0.15) is 127 Å². The van der Waals surface area contributed by atoms with E-state index in [2.05, 4.69) is 4.74 Å². The van der Waals surface area contributed by atoms with Crippen LogP contribution in [0.3, 0.4) is 0 Å². The Kier molecular flexibility index (Phi) is 27.3. The SMILES string of the molecule is CC(=O)C(C)CCCCCC(=O)O.CCOC(=O)C(C)C(C)=O.CCOC(=O)CCCCCC(C)(C(C)=O)C(=O)OCC. The van der Waals surface area contributed by atoms with Crippen LogP contribution in [0.5, 0.6) is 0 Å². The molecule has 0 rings (SSSR count). The molecule has 11 heteroatoms. The van der Waals surface area contributed by atoms with E-state index in [-0.39, 0.29) is 42.3 Å². The quantitative estimate of drug-likeness (QED) is 0.0773. The number of carbonyl (C=O) groups excluding carboxylic acids is 6. The van der Waals surface area contributed by atoms with E-state index in [4.69, 9.17) is 14.6 Å². The van der Waals surface area contributed by atoms with Gasteiger partial charge >= 0.3 is 23.9 Å². The van der Waals surface area contributed by atoms with Crippen molar-refractivity contribution in [3.8, 4) is 0 Å². The first-order valence-electron chi connectivity index (χ1n) is 15.2. The first-order chi connectivity index (χ1) is 20.0. The molecular formula is C32H56O11. The maximum absolute atomic E-state index is 11.8. The van der Waals surface area contributed by atoms with Crippen LogP contribution in [0.4, 0.5) is 0 Å². The van der Waals surface area contributed by atoms with Crippen molar-refractivity contribution < 1.29 is 52.9 Å².